The number of benzene rings is 1. The van der Waals surface area contributed by atoms with Gasteiger partial charge in [0.25, 0.3) is 0 Å². The molecule has 1 saturated heterocycles. The number of aliphatic hydroxyl groups excluding tert-OH is 1. The highest BCUT2D eigenvalue weighted by Gasteiger charge is 2.25. The predicted octanol–water partition coefficient (Wildman–Crippen LogP) is 3.47. The van der Waals surface area contributed by atoms with E-state index < -0.39 is 0 Å². The molecule has 1 aliphatic heterocycles. The van der Waals surface area contributed by atoms with E-state index in [1.54, 1.807) is 0 Å². The van der Waals surface area contributed by atoms with Crippen molar-refractivity contribution in [1.29, 1.82) is 0 Å². The molecule has 0 saturated carbocycles. The van der Waals surface area contributed by atoms with Crippen LogP contribution < -0.4 is 10.2 Å². The topological polar surface area (TPSA) is 35.5 Å². The highest BCUT2D eigenvalue weighted by molar-refractivity contribution is 9.10. The van der Waals surface area contributed by atoms with Gasteiger partial charge in [-0.25, -0.2) is 0 Å². The summed E-state index contributed by atoms with van der Waals surface area (Å²) in [4.78, 5) is 2.32. The SMILES string of the molecule is CCCNC(C)c1ccc(N2CCCC2CO)c(Br)c1. The third kappa shape index (κ3) is 3.54. The van der Waals surface area contributed by atoms with Crippen LogP contribution in [0.4, 0.5) is 5.69 Å². The number of rotatable bonds is 6. The van der Waals surface area contributed by atoms with Crippen LogP contribution in [0, 0.1) is 0 Å². The molecule has 1 aliphatic rings. The molecule has 20 heavy (non-hydrogen) atoms. The number of nitrogens with one attached hydrogen (secondary N) is 1. The van der Waals surface area contributed by atoms with Crippen molar-refractivity contribution < 1.29 is 5.11 Å². The number of halogens is 1. The average Bonchev–Trinajstić information content (AvgIpc) is 2.92. The highest BCUT2D eigenvalue weighted by Crippen LogP contribution is 2.33. The zero-order valence-electron chi connectivity index (χ0n) is 12.4. The van der Waals surface area contributed by atoms with E-state index in [4.69, 9.17) is 0 Å². The van der Waals surface area contributed by atoms with E-state index in [0.717, 1.165) is 36.8 Å². The van der Waals surface area contributed by atoms with Crippen molar-refractivity contribution >= 4 is 21.6 Å². The summed E-state index contributed by atoms with van der Waals surface area (Å²) < 4.78 is 1.13. The lowest BCUT2D eigenvalue weighted by atomic mass is 10.1. The Morgan fingerprint density at radius 3 is 2.95 bits per heavy atom. The Morgan fingerprint density at radius 1 is 1.50 bits per heavy atom. The monoisotopic (exact) mass is 340 g/mol. The smallest absolute Gasteiger partial charge is 0.0635 e. The Balaban J connectivity index is 2.13. The minimum absolute atomic E-state index is 0.239. The zero-order chi connectivity index (χ0) is 14.5. The lowest BCUT2D eigenvalue weighted by Crippen LogP contribution is -2.32. The molecule has 2 unspecified atom stereocenters. The normalized spacial score (nSPS) is 20.4. The maximum Gasteiger partial charge on any atom is 0.0635 e. The molecule has 0 radical (unpaired) electrons. The van der Waals surface area contributed by atoms with Gasteiger partial charge in [-0.1, -0.05) is 13.0 Å². The van der Waals surface area contributed by atoms with E-state index in [2.05, 4.69) is 58.2 Å². The van der Waals surface area contributed by atoms with Gasteiger partial charge >= 0.3 is 0 Å². The number of hydrogen-bond donors (Lipinski definition) is 2. The molecule has 1 aromatic rings. The molecule has 0 aromatic heterocycles. The van der Waals surface area contributed by atoms with Crippen molar-refractivity contribution in [3.05, 3.63) is 28.2 Å². The van der Waals surface area contributed by atoms with Gasteiger partial charge in [0.05, 0.1) is 18.3 Å². The van der Waals surface area contributed by atoms with Crippen LogP contribution in [0.1, 0.15) is 44.7 Å². The Kier molecular flexibility index (Phi) is 5.87. The van der Waals surface area contributed by atoms with Crippen LogP contribution in [0.3, 0.4) is 0 Å². The summed E-state index contributed by atoms with van der Waals surface area (Å²) in [5, 5.41) is 13.0. The molecule has 0 amide bonds. The highest BCUT2D eigenvalue weighted by atomic mass is 79.9. The van der Waals surface area contributed by atoms with Crippen molar-refractivity contribution in [3.8, 4) is 0 Å². The van der Waals surface area contributed by atoms with Gasteiger partial charge in [0.1, 0.15) is 0 Å². The quantitative estimate of drug-likeness (QED) is 0.832. The summed E-state index contributed by atoms with van der Waals surface area (Å²) >= 11 is 3.70. The lowest BCUT2D eigenvalue weighted by Gasteiger charge is -2.27. The summed E-state index contributed by atoms with van der Waals surface area (Å²) in [6.07, 6.45) is 3.39. The van der Waals surface area contributed by atoms with E-state index >= 15 is 0 Å². The molecule has 0 aliphatic carbocycles. The molecule has 1 heterocycles. The van der Waals surface area contributed by atoms with E-state index in [1.165, 1.54) is 11.3 Å². The van der Waals surface area contributed by atoms with Gasteiger partial charge in [-0.15, -0.1) is 0 Å². The summed E-state index contributed by atoms with van der Waals surface area (Å²) in [5.74, 6) is 0. The molecule has 3 nitrogen and oxygen atoms in total. The van der Waals surface area contributed by atoms with Crippen LogP contribution in [0.5, 0.6) is 0 Å². The Bertz CT molecular complexity index is 438. The van der Waals surface area contributed by atoms with Crippen LogP contribution in [0.15, 0.2) is 22.7 Å². The van der Waals surface area contributed by atoms with Gasteiger partial charge in [0.15, 0.2) is 0 Å². The minimum Gasteiger partial charge on any atom is -0.394 e. The minimum atomic E-state index is 0.239. The van der Waals surface area contributed by atoms with Crippen LogP contribution in [-0.4, -0.2) is 30.8 Å². The predicted molar refractivity (Wildman–Crippen MR) is 88.3 cm³/mol. The first-order valence-corrected chi connectivity index (χ1v) is 8.37. The molecule has 2 atom stereocenters. The van der Waals surface area contributed by atoms with Crippen LogP contribution in [0.25, 0.3) is 0 Å². The van der Waals surface area contributed by atoms with Crippen LogP contribution in [0.2, 0.25) is 0 Å². The van der Waals surface area contributed by atoms with Crippen molar-refractivity contribution in [2.24, 2.45) is 0 Å². The molecule has 4 heteroatoms. The summed E-state index contributed by atoms with van der Waals surface area (Å²) in [6.45, 7) is 6.69. The van der Waals surface area contributed by atoms with Gasteiger partial charge in [-0.3, -0.25) is 0 Å². The molecule has 0 spiro atoms. The average molecular weight is 341 g/mol. The molecule has 2 rings (SSSR count). The van der Waals surface area contributed by atoms with E-state index in [0.29, 0.717) is 6.04 Å². The second kappa shape index (κ2) is 7.43. The first-order chi connectivity index (χ1) is 9.67. The first-order valence-electron chi connectivity index (χ1n) is 7.57. The number of anilines is 1. The van der Waals surface area contributed by atoms with Crippen molar-refractivity contribution in [1.82, 2.24) is 5.32 Å². The summed E-state index contributed by atoms with van der Waals surface area (Å²) in [5.41, 5.74) is 2.50. The number of hydrogen-bond acceptors (Lipinski definition) is 3. The number of aliphatic hydroxyl groups is 1. The largest absolute Gasteiger partial charge is 0.394 e. The fourth-order valence-corrected chi connectivity index (χ4v) is 3.47. The molecule has 1 fully saturated rings. The van der Waals surface area contributed by atoms with E-state index in [9.17, 15) is 5.11 Å². The molecule has 0 bridgehead atoms. The lowest BCUT2D eigenvalue weighted by molar-refractivity contribution is 0.266. The van der Waals surface area contributed by atoms with Crippen LogP contribution in [-0.2, 0) is 0 Å². The van der Waals surface area contributed by atoms with Gasteiger partial charge in [0, 0.05) is 17.1 Å². The third-order valence-electron chi connectivity index (χ3n) is 4.07. The van der Waals surface area contributed by atoms with Gasteiger partial charge in [-0.2, -0.15) is 0 Å². The van der Waals surface area contributed by atoms with E-state index in [1.807, 2.05) is 0 Å². The van der Waals surface area contributed by atoms with Crippen molar-refractivity contribution in [2.75, 3.05) is 24.6 Å². The molecule has 1 aromatic carbocycles. The molecular weight excluding hydrogens is 316 g/mol. The molecule has 112 valence electrons. The standard InChI is InChI=1S/C16H25BrN2O/c1-3-8-18-12(2)13-6-7-16(15(17)10-13)19-9-4-5-14(19)11-20/h6-7,10,12,14,18,20H,3-5,8-9,11H2,1-2H3. The Labute approximate surface area is 130 Å². The van der Waals surface area contributed by atoms with Crippen molar-refractivity contribution in [2.45, 2.75) is 45.2 Å². The summed E-state index contributed by atoms with van der Waals surface area (Å²) in [6, 6.07) is 7.22. The Hall–Kier alpha value is -0.580. The van der Waals surface area contributed by atoms with Gasteiger partial charge < -0.3 is 15.3 Å². The fraction of sp³-hybridized carbons (Fsp3) is 0.625. The first kappa shape index (κ1) is 15.8. The van der Waals surface area contributed by atoms with E-state index in [-0.39, 0.29) is 12.6 Å². The van der Waals surface area contributed by atoms with Crippen molar-refractivity contribution in [3.63, 3.8) is 0 Å². The van der Waals surface area contributed by atoms with Crippen LogP contribution >= 0.6 is 15.9 Å². The zero-order valence-corrected chi connectivity index (χ0v) is 14.0. The fourth-order valence-electron chi connectivity index (χ4n) is 2.85. The molecule has 2 N–H and O–H groups in total. The summed E-state index contributed by atoms with van der Waals surface area (Å²) in [7, 11) is 0. The third-order valence-corrected chi connectivity index (χ3v) is 4.70. The maximum absolute atomic E-state index is 9.46. The maximum atomic E-state index is 9.46. The van der Waals surface area contributed by atoms with Gasteiger partial charge in [0.2, 0.25) is 0 Å². The van der Waals surface area contributed by atoms with Gasteiger partial charge in [-0.05, 0) is 66.4 Å². The second-order valence-corrected chi connectivity index (χ2v) is 6.41. The molecular formula is C16H25BrN2O. The number of nitrogens with zero attached hydrogens (tertiary/aromatic N) is 1. The Morgan fingerprint density at radius 2 is 2.30 bits per heavy atom. The second-order valence-electron chi connectivity index (χ2n) is 5.56.